The lowest BCUT2D eigenvalue weighted by molar-refractivity contribution is 0.516. The van der Waals surface area contributed by atoms with Crippen LogP contribution in [0.4, 0.5) is 0 Å². The number of hydrogen-bond acceptors (Lipinski definition) is 4. The molecule has 0 atom stereocenters. The van der Waals surface area contributed by atoms with E-state index in [1.165, 1.54) is 0 Å². The van der Waals surface area contributed by atoms with Crippen LogP contribution in [0.25, 0.3) is 12.2 Å². The highest BCUT2D eigenvalue weighted by Gasteiger charge is 1.95. The van der Waals surface area contributed by atoms with Crippen LogP contribution in [0.15, 0.2) is 39.5 Å². The zero-order chi connectivity index (χ0) is 9.80. The van der Waals surface area contributed by atoms with Gasteiger partial charge in [-0.15, -0.1) is 4.37 Å². The van der Waals surface area contributed by atoms with Crippen molar-refractivity contribution in [3.05, 3.63) is 51.5 Å². The van der Waals surface area contributed by atoms with Gasteiger partial charge in [0.05, 0.1) is 11.5 Å². The van der Waals surface area contributed by atoms with Gasteiger partial charge in [-0.3, -0.25) is 0 Å². The van der Waals surface area contributed by atoms with Gasteiger partial charge >= 0.3 is 4.94 Å². The number of benzene rings is 1. The van der Waals surface area contributed by atoms with Crippen LogP contribution in [0.2, 0.25) is 0 Å². The third-order valence-electron chi connectivity index (χ3n) is 1.62. The second-order valence-corrected chi connectivity index (χ2v) is 3.32. The summed E-state index contributed by atoms with van der Waals surface area (Å²) in [6.45, 7) is 0. The van der Waals surface area contributed by atoms with Crippen molar-refractivity contribution in [1.82, 2.24) is 4.37 Å². The predicted octanol–water partition coefficient (Wildman–Crippen LogP) is 2.27. The van der Waals surface area contributed by atoms with Gasteiger partial charge in [-0.25, -0.2) is 4.79 Å². The quantitative estimate of drug-likeness (QED) is 0.755. The van der Waals surface area contributed by atoms with Gasteiger partial charge in [-0.1, -0.05) is 30.3 Å². The van der Waals surface area contributed by atoms with Crippen LogP contribution in [0.3, 0.4) is 0 Å². The molecule has 0 aliphatic carbocycles. The number of nitrogens with zero attached hydrogens (tertiary/aromatic N) is 1. The molecule has 0 unspecified atom stereocenters. The Bertz CT molecular complexity index is 484. The summed E-state index contributed by atoms with van der Waals surface area (Å²) in [7, 11) is 0. The Balaban J connectivity index is 2.19. The summed E-state index contributed by atoms with van der Waals surface area (Å²) in [4.78, 5) is 10.3. The molecule has 0 saturated carbocycles. The normalized spacial score (nSPS) is 10.9. The zero-order valence-electron chi connectivity index (χ0n) is 7.21. The van der Waals surface area contributed by atoms with E-state index in [2.05, 4.69) is 4.37 Å². The summed E-state index contributed by atoms with van der Waals surface area (Å²) in [6.07, 6.45) is 3.52. The van der Waals surface area contributed by atoms with Crippen molar-refractivity contribution in [1.29, 1.82) is 0 Å². The summed E-state index contributed by atoms with van der Waals surface area (Å²) < 4.78 is 8.58. The monoisotopic (exact) mass is 205 g/mol. The molecule has 1 heterocycles. The van der Waals surface area contributed by atoms with E-state index >= 15 is 0 Å². The Kier molecular flexibility index (Phi) is 2.55. The predicted molar refractivity (Wildman–Crippen MR) is 56.0 cm³/mol. The lowest BCUT2D eigenvalue weighted by Crippen LogP contribution is -1.80. The highest BCUT2D eigenvalue weighted by Crippen LogP contribution is 2.05. The average Bonchev–Trinajstić information content (AvgIpc) is 2.63. The van der Waals surface area contributed by atoms with Gasteiger partial charge in [0.15, 0.2) is 0 Å². The average molecular weight is 205 g/mol. The summed E-state index contributed by atoms with van der Waals surface area (Å²) >= 11 is 0.816. The Labute approximate surface area is 84.5 Å². The molecule has 0 aliphatic heterocycles. The van der Waals surface area contributed by atoms with Gasteiger partial charge in [0.2, 0.25) is 5.89 Å². The van der Waals surface area contributed by atoms with Crippen molar-refractivity contribution < 1.29 is 4.42 Å². The summed E-state index contributed by atoms with van der Waals surface area (Å²) in [5, 5.41) is 0. The Morgan fingerprint density at radius 3 is 2.64 bits per heavy atom. The fourth-order valence-electron chi connectivity index (χ4n) is 1.00. The molecule has 0 spiro atoms. The van der Waals surface area contributed by atoms with Crippen molar-refractivity contribution in [2.45, 2.75) is 0 Å². The van der Waals surface area contributed by atoms with Crippen LogP contribution in [0.5, 0.6) is 0 Å². The zero-order valence-corrected chi connectivity index (χ0v) is 8.03. The third kappa shape index (κ3) is 2.17. The number of aromatic nitrogens is 1. The van der Waals surface area contributed by atoms with Crippen LogP contribution in [-0.4, -0.2) is 4.37 Å². The van der Waals surface area contributed by atoms with Gasteiger partial charge in [0.1, 0.15) is 0 Å². The topological polar surface area (TPSA) is 43.1 Å². The molecule has 14 heavy (non-hydrogen) atoms. The molecule has 0 N–H and O–H groups in total. The molecule has 4 heteroatoms. The highest BCUT2D eigenvalue weighted by molar-refractivity contribution is 7.02. The molecule has 70 valence electrons. The molecule has 0 amide bonds. The third-order valence-corrected chi connectivity index (χ3v) is 2.12. The molecule has 1 aromatic carbocycles. The lowest BCUT2D eigenvalue weighted by Gasteiger charge is -1.88. The van der Waals surface area contributed by atoms with Crippen LogP contribution in [0.1, 0.15) is 11.5 Å². The van der Waals surface area contributed by atoms with Crippen molar-refractivity contribution in [2.24, 2.45) is 0 Å². The summed E-state index contributed by atoms with van der Waals surface area (Å²) in [5.74, 6) is 0.351. The number of hydrogen-bond donors (Lipinski definition) is 0. The molecular formula is C10H7NO2S. The minimum Gasteiger partial charge on any atom is -0.395 e. The van der Waals surface area contributed by atoms with Gasteiger partial charge in [0, 0.05) is 6.08 Å². The minimum absolute atomic E-state index is 0.351. The molecular weight excluding hydrogens is 198 g/mol. The second kappa shape index (κ2) is 4.02. The molecule has 0 fully saturated rings. The van der Waals surface area contributed by atoms with Crippen LogP contribution < -0.4 is 4.94 Å². The smallest absolute Gasteiger partial charge is 0.395 e. The summed E-state index contributed by atoms with van der Waals surface area (Å²) in [5.41, 5.74) is 1.04. The van der Waals surface area contributed by atoms with E-state index in [4.69, 9.17) is 4.42 Å². The first-order valence-corrected chi connectivity index (χ1v) is 4.82. The van der Waals surface area contributed by atoms with E-state index in [-0.39, 0.29) is 4.94 Å². The maximum Gasteiger partial charge on any atom is 0.414 e. The largest absolute Gasteiger partial charge is 0.414 e. The molecule has 0 bridgehead atoms. The van der Waals surface area contributed by atoms with Crippen molar-refractivity contribution in [3.63, 3.8) is 0 Å². The SMILES string of the molecule is O=c1oc(/C=C/c2ccccc2)ns1. The molecule has 2 aromatic rings. The van der Waals surface area contributed by atoms with Crippen LogP contribution in [0, 0.1) is 0 Å². The maximum absolute atomic E-state index is 10.7. The fourth-order valence-corrected chi connectivity index (χ4v) is 1.39. The van der Waals surface area contributed by atoms with Crippen molar-refractivity contribution in [2.75, 3.05) is 0 Å². The van der Waals surface area contributed by atoms with E-state index in [0.717, 1.165) is 17.1 Å². The molecule has 1 aromatic heterocycles. The van der Waals surface area contributed by atoms with Crippen LogP contribution >= 0.6 is 11.5 Å². The van der Waals surface area contributed by atoms with Gasteiger partial charge < -0.3 is 4.42 Å². The van der Waals surface area contributed by atoms with E-state index in [9.17, 15) is 4.79 Å². The molecule has 2 rings (SSSR count). The molecule has 0 radical (unpaired) electrons. The van der Waals surface area contributed by atoms with Crippen molar-refractivity contribution in [3.8, 4) is 0 Å². The van der Waals surface area contributed by atoms with Crippen molar-refractivity contribution >= 4 is 23.7 Å². The van der Waals surface area contributed by atoms with E-state index in [0.29, 0.717) is 5.89 Å². The molecule has 0 aliphatic rings. The maximum atomic E-state index is 10.7. The van der Waals surface area contributed by atoms with Gasteiger partial charge in [-0.2, -0.15) is 0 Å². The van der Waals surface area contributed by atoms with E-state index in [1.54, 1.807) is 6.08 Å². The Morgan fingerprint density at radius 2 is 2.00 bits per heavy atom. The number of rotatable bonds is 2. The summed E-state index contributed by atoms with van der Waals surface area (Å²) in [6, 6.07) is 9.75. The Morgan fingerprint density at radius 1 is 1.21 bits per heavy atom. The van der Waals surface area contributed by atoms with Gasteiger partial charge in [0.25, 0.3) is 0 Å². The highest BCUT2D eigenvalue weighted by atomic mass is 32.1. The Hall–Kier alpha value is -1.68. The van der Waals surface area contributed by atoms with Crippen LogP contribution in [-0.2, 0) is 0 Å². The lowest BCUT2D eigenvalue weighted by atomic mass is 10.2. The van der Waals surface area contributed by atoms with Gasteiger partial charge in [-0.05, 0) is 11.6 Å². The fraction of sp³-hybridized carbons (Fsp3) is 0. The minimum atomic E-state index is -0.377. The second-order valence-electron chi connectivity index (χ2n) is 2.62. The van der Waals surface area contributed by atoms with E-state index < -0.39 is 0 Å². The standard InChI is InChI=1S/C10H7NO2S/c12-10-13-9(11-14-10)7-6-8-4-2-1-3-5-8/h1-7H/b7-6+. The first kappa shape index (κ1) is 8.90. The van der Waals surface area contributed by atoms with E-state index in [1.807, 2.05) is 36.4 Å². The molecule has 0 saturated heterocycles. The first-order chi connectivity index (χ1) is 6.84. The molecule has 3 nitrogen and oxygen atoms in total. The first-order valence-electron chi connectivity index (χ1n) is 4.04.